The molecular formula is C18H24N4O2. The summed E-state index contributed by atoms with van der Waals surface area (Å²) in [6, 6.07) is 3.69. The molecular weight excluding hydrogens is 304 g/mol. The molecule has 1 saturated heterocycles. The second-order valence-electron chi connectivity index (χ2n) is 6.22. The number of nitrogens with one attached hydrogen (secondary N) is 1. The van der Waals surface area contributed by atoms with E-state index in [1.54, 1.807) is 19.3 Å². The minimum absolute atomic E-state index is 0.137. The van der Waals surface area contributed by atoms with E-state index < -0.39 is 0 Å². The van der Waals surface area contributed by atoms with Crippen LogP contribution in [0, 0.1) is 6.92 Å². The average Bonchev–Trinajstić information content (AvgIpc) is 2.81. The Bertz CT molecular complexity index is 661. The molecule has 2 aromatic heterocycles. The van der Waals surface area contributed by atoms with Crippen molar-refractivity contribution in [2.24, 2.45) is 0 Å². The third-order valence-electron chi connectivity index (χ3n) is 4.44. The van der Waals surface area contributed by atoms with E-state index in [0.717, 1.165) is 25.2 Å². The van der Waals surface area contributed by atoms with Gasteiger partial charge in [0.1, 0.15) is 17.0 Å². The molecule has 1 aliphatic heterocycles. The van der Waals surface area contributed by atoms with Crippen molar-refractivity contribution in [3.05, 3.63) is 35.9 Å². The first-order chi connectivity index (χ1) is 11.8. The van der Waals surface area contributed by atoms with Crippen molar-refractivity contribution in [2.45, 2.75) is 32.6 Å². The Labute approximate surface area is 142 Å². The molecule has 3 rings (SSSR count). The second kappa shape index (κ2) is 8.06. The number of rotatable bonds is 5. The predicted octanol–water partition coefficient (Wildman–Crippen LogP) is 2.65. The van der Waals surface area contributed by atoms with Gasteiger partial charge in [-0.15, -0.1) is 0 Å². The predicted molar refractivity (Wildman–Crippen MR) is 91.7 cm³/mol. The van der Waals surface area contributed by atoms with E-state index in [1.807, 2.05) is 12.1 Å². The number of likely N-dealkylation sites (tertiary alicyclic amines) is 1. The van der Waals surface area contributed by atoms with Crippen molar-refractivity contribution >= 4 is 5.91 Å². The molecule has 128 valence electrons. The zero-order valence-electron chi connectivity index (χ0n) is 14.1. The van der Waals surface area contributed by atoms with Gasteiger partial charge in [0.05, 0.1) is 0 Å². The number of carbonyl (C=O) groups is 1. The Morgan fingerprint density at radius 2 is 2.08 bits per heavy atom. The number of pyridine rings is 1. The summed E-state index contributed by atoms with van der Waals surface area (Å²) in [5, 5.41) is 7.03. The van der Waals surface area contributed by atoms with Gasteiger partial charge in [-0.2, -0.15) is 0 Å². The van der Waals surface area contributed by atoms with E-state index in [2.05, 4.69) is 20.4 Å². The summed E-state index contributed by atoms with van der Waals surface area (Å²) >= 11 is 0. The lowest BCUT2D eigenvalue weighted by Gasteiger charge is -2.19. The molecule has 1 N–H and O–H groups in total. The highest BCUT2D eigenvalue weighted by Gasteiger charge is 2.21. The fraction of sp³-hybridized carbons (Fsp3) is 0.500. The summed E-state index contributed by atoms with van der Waals surface area (Å²) in [7, 11) is 0. The second-order valence-corrected chi connectivity index (χ2v) is 6.22. The zero-order valence-corrected chi connectivity index (χ0v) is 14.1. The molecule has 1 aliphatic rings. The monoisotopic (exact) mass is 328 g/mol. The Morgan fingerprint density at radius 3 is 2.79 bits per heavy atom. The van der Waals surface area contributed by atoms with E-state index in [-0.39, 0.29) is 5.91 Å². The number of hydrogen-bond acceptors (Lipinski definition) is 5. The Balaban J connectivity index is 1.62. The largest absolute Gasteiger partial charge is 0.360 e. The summed E-state index contributed by atoms with van der Waals surface area (Å²) in [4.78, 5) is 19.1. The molecule has 0 saturated carbocycles. The summed E-state index contributed by atoms with van der Waals surface area (Å²) in [6.45, 7) is 5.54. The van der Waals surface area contributed by atoms with Gasteiger partial charge in [-0.3, -0.25) is 9.78 Å². The molecule has 0 unspecified atom stereocenters. The van der Waals surface area contributed by atoms with Crippen LogP contribution >= 0.6 is 0 Å². The molecule has 24 heavy (non-hydrogen) atoms. The summed E-state index contributed by atoms with van der Waals surface area (Å²) in [5.74, 6) is 0.392. The standard InChI is InChI=1S/C18H24N4O2/c1-14-16(17(21-24-14)15-7-6-8-19-13-15)18(23)20-9-12-22-10-4-2-3-5-11-22/h6-8,13H,2-5,9-12H2,1H3,(H,20,23). The zero-order chi connectivity index (χ0) is 16.8. The van der Waals surface area contributed by atoms with Gasteiger partial charge in [-0.25, -0.2) is 0 Å². The molecule has 0 aliphatic carbocycles. The van der Waals surface area contributed by atoms with Crippen molar-refractivity contribution in [1.82, 2.24) is 20.4 Å². The molecule has 0 bridgehead atoms. The van der Waals surface area contributed by atoms with E-state index >= 15 is 0 Å². The van der Waals surface area contributed by atoms with Crippen LogP contribution in [0.2, 0.25) is 0 Å². The van der Waals surface area contributed by atoms with Crippen LogP contribution in [-0.2, 0) is 0 Å². The van der Waals surface area contributed by atoms with Crippen molar-refractivity contribution < 1.29 is 9.32 Å². The van der Waals surface area contributed by atoms with Gasteiger partial charge in [-0.05, 0) is 45.0 Å². The van der Waals surface area contributed by atoms with Gasteiger partial charge in [0.2, 0.25) is 0 Å². The van der Waals surface area contributed by atoms with Crippen LogP contribution in [0.15, 0.2) is 29.0 Å². The van der Waals surface area contributed by atoms with Crippen LogP contribution in [0.1, 0.15) is 41.8 Å². The van der Waals surface area contributed by atoms with E-state index in [9.17, 15) is 4.79 Å². The lowest BCUT2D eigenvalue weighted by Crippen LogP contribution is -2.35. The van der Waals surface area contributed by atoms with E-state index in [0.29, 0.717) is 23.6 Å². The number of hydrogen-bond donors (Lipinski definition) is 1. The minimum Gasteiger partial charge on any atom is -0.360 e. The lowest BCUT2D eigenvalue weighted by molar-refractivity contribution is 0.0947. The fourth-order valence-corrected chi connectivity index (χ4v) is 3.12. The minimum atomic E-state index is -0.137. The molecule has 0 spiro atoms. The molecule has 3 heterocycles. The quantitative estimate of drug-likeness (QED) is 0.913. The van der Waals surface area contributed by atoms with Gasteiger partial charge in [0.15, 0.2) is 0 Å². The Kier molecular flexibility index (Phi) is 5.59. The van der Waals surface area contributed by atoms with Crippen molar-refractivity contribution in [3.63, 3.8) is 0 Å². The lowest BCUT2D eigenvalue weighted by atomic mass is 10.1. The maximum Gasteiger partial charge on any atom is 0.257 e. The molecule has 0 radical (unpaired) electrons. The molecule has 6 heteroatoms. The van der Waals surface area contributed by atoms with E-state index in [1.165, 1.54) is 25.7 Å². The highest BCUT2D eigenvalue weighted by Crippen LogP contribution is 2.24. The number of nitrogens with zero attached hydrogens (tertiary/aromatic N) is 3. The van der Waals surface area contributed by atoms with Gasteiger partial charge < -0.3 is 14.7 Å². The van der Waals surface area contributed by atoms with Gasteiger partial charge >= 0.3 is 0 Å². The first kappa shape index (κ1) is 16.6. The van der Waals surface area contributed by atoms with Crippen LogP contribution < -0.4 is 5.32 Å². The molecule has 0 atom stereocenters. The Hall–Kier alpha value is -2.21. The Morgan fingerprint density at radius 1 is 1.29 bits per heavy atom. The maximum absolute atomic E-state index is 12.6. The van der Waals surface area contributed by atoms with Gasteiger partial charge in [0, 0.05) is 31.0 Å². The van der Waals surface area contributed by atoms with Crippen LogP contribution in [0.4, 0.5) is 0 Å². The van der Waals surface area contributed by atoms with Gasteiger partial charge in [-0.1, -0.05) is 18.0 Å². The van der Waals surface area contributed by atoms with E-state index in [4.69, 9.17) is 4.52 Å². The SMILES string of the molecule is Cc1onc(-c2cccnc2)c1C(=O)NCCN1CCCCCC1. The number of aromatic nitrogens is 2. The molecule has 1 amide bonds. The van der Waals surface area contributed by atoms with Crippen molar-refractivity contribution in [2.75, 3.05) is 26.2 Å². The molecule has 0 aromatic carbocycles. The normalized spacial score (nSPS) is 15.9. The average molecular weight is 328 g/mol. The molecule has 1 fully saturated rings. The molecule has 6 nitrogen and oxygen atoms in total. The number of amides is 1. The highest BCUT2D eigenvalue weighted by molar-refractivity contribution is 6.00. The van der Waals surface area contributed by atoms with Crippen LogP contribution in [0.3, 0.4) is 0 Å². The number of carbonyl (C=O) groups excluding carboxylic acids is 1. The van der Waals surface area contributed by atoms with Crippen LogP contribution in [0.5, 0.6) is 0 Å². The van der Waals surface area contributed by atoms with Crippen LogP contribution in [0.25, 0.3) is 11.3 Å². The summed E-state index contributed by atoms with van der Waals surface area (Å²) in [6.07, 6.45) is 8.52. The maximum atomic E-state index is 12.6. The van der Waals surface area contributed by atoms with Crippen molar-refractivity contribution in [1.29, 1.82) is 0 Å². The third-order valence-corrected chi connectivity index (χ3v) is 4.44. The smallest absolute Gasteiger partial charge is 0.257 e. The number of aryl methyl sites for hydroxylation is 1. The third kappa shape index (κ3) is 4.00. The summed E-state index contributed by atoms with van der Waals surface area (Å²) in [5.41, 5.74) is 1.83. The van der Waals surface area contributed by atoms with Crippen molar-refractivity contribution in [3.8, 4) is 11.3 Å². The first-order valence-corrected chi connectivity index (χ1v) is 8.63. The van der Waals surface area contributed by atoms with Gasteiger partial charge in [0.25, 0.3) is 5.91 Å². The topological polar surface area (TPSA) is 71.3 Å². The van der Waals surface area contributed by atoms with Crippen LogP contribution in [-0.4, -0.2) is 47.1 Å². The highest BCUT2D eigenvalue weighted by atomic mass is 16.5. The fourth-order valence-electron chi connectivity index (χ4n) is 3.12. The first-order valence-electron chi connectivity index (χ1n) is 8.63. The summed E-state index contributed by atoms with van der Waals surface area (Å²) < 4.78 is 5.23. The molecule has 2 aromatic rings.